The van der Waals surface area contributed by atoms with Gasteiger partial charge < -0.3 is 0 Å². The van der Waals surface area contributed by atoms with Gasteiger partial charge in [0.2, 0.25) is 10.0 Å². The highest BCUT2D eigenvalue weighted by Gasteiger charge is 2.25. The summed E-state index contributed by atoms with van der Waals surface area (Å²) in [5.41, 5.74) is 0.804. The van der Waals surface area contributed by atoms with E-state index < -0.39 is 35.7 Å². The Labute approximate surface area is 162 Å². The molecule has 28 heavy (non-hydrogen) atoms. The molecule has 0 saturated heterocycles. The molecule has 3 rings (SSSR count). The smallest absolute Gasteiger partial charge is 0.282 e. The van der Waals surface area contributed by atoms with Gasteiger partial charge in [0.05, 0.1) is 4.90 Å². The van der Waals surface area contributed by atoms with Crippen molar-refractivity contribution in [3.63, 3.8) is 0 Å². The second kappa shape index (κ2) is 7.44. The van der Waals surface area contributed by atoms with Crippen LogP contribution in [0, 0.1) is 5.82 Å². The van der Waals surface area contributed by atoms with Crippen molar-refractivity contribution in [3.8, 4) is 11.1 Å². The zero-order valence-electron chi connectivity index (χ0n) is 14.4. The minimum Gasteiger partial charge on any atom is -0.282 e. The normalized spacial score (nSPS) is 12.1. The van der Waals surface area contributed by atoms with E-state index in [1.165, 1.54) is 12.1 Å². The first kappa shape index (κ1) is 20.2. The van der Waals surface area contributed by atoms with Gasteiger partial charge in [-0.25, -0.2) is 17.9 Å². The van der Waals surface area contributed by atoms with Crippen molar-refractivity contribution in [2.24, 2.45) is 5.14 Å². The molecule has 0 spiro atoms. The fourth-order valence-corrected chi connectivity index (χ4v) is 4.49. The van der Waals surface area contributed by atoms with E-state index in [0.29, 0.717) is 12.0 Å². The monoisotopic (exact) mass is 421 g/mol. The Morgan fingerprint density at radius 1 is 0.857 bits per heavy atom. The average Bonchev–Trinajstić information content (AvgIpc) is 2.62. The van der Waals surface area contributed by atoms with E-state index in [1.807, 2.05) is 30.3 Å². The molecule has 0 unspecified atom stereocenters. The maximum absolute atomic E-state index is 14.7. The minimum atomic E-state index is -4.78. The number of hydrogen-bond donors (Lipinski definition) is 2. The molecule has 0 amide bonds. The second-order valence-electron chi connectivity index (χ2n) is 6.12. The van der Waals surface area contributed by atoms with Crippen molar-refractivity contribution in [2.45, 2.75) is 16.2 Å². The Hall–Kier alpha value is -2.59. The summed E-state index contributed by atoms with van der Waals surface area (Å²) in [6.07, 6.45) is 0.301. The summed E-state index contributed by atoms with van der Waals surface area (Å²) in [4.78, 5) is -1.20. The van der Waals surface area contributed by atoms with E-state index in [0.717, 1.165) is 29.8 Å². The number of rotatable bonds is 5. The predicted octanol–water partition coefficient (Wildman–Crippen LogP) is 2.98. The van der Waals surface area contributed by atoms with Gasteiger partial charge in [-0.3, -0.25) is 4.55 Å². The Morgan fingerprint density at radius 3 is 2.07 bits per heavy atom. The summed E-state index contributed by atoms with van der Waals surface area (Å²) in [7, 11) is -9.11. The molecule has 0 aliphatic carbocycles. The molecule has 0 heterocycles. The summed E-state index contributed by atoms with van der Waals surface area (Å²) in [6.45, 7) is 0. The summed E-state index contributed by atoms with van der Waals surface area (Å²) in [5.74, 6) is -0.646. The summed E-state index contributed by atoms with van der Waals surface area (Å²) < 4.78 is 71.4. The van der Waals surface area contributed by atoms with Crippen LogP contribution in [0.2, 0.25) is 0 Å². The topological polar surface area (TPSA) is 115 Å². The van der Waals surface area contributed by atoms with Crippen LogP contribution in [0.1, 0.15) is 11.1 Å². The molecule has 0 fully saturated rings. The third-order valence-electron chi connectivity index (χ3n) is 4.15. The van der Waals surface area contributed by atoms with Crippen LogP contribution in [-0.4, -0.2) is 21.4 Å². The quantitative estimate of drug-likeness (QED) is 0.615. The maximum atomic E-state index is 14.7. The zero-order chi connectivity index (χ0) is 20.5. The van der Waals surface area contributed by atoms with E-state index in [1.54, 1.807) is 0 Å². The Morgan fingerprint density at radius 2 is 1.50 bits per heavy atom. The predicted molar refractivity (Wildman–Crippen MR) is 102 cm³/mol. The molecule has 0 bridgehead atoms. The molecule has 9 heteroatoms. The second-order valence-corrected chi connectivity index (χ2v) is 9.04. The first-order valence-corrected chi connectivity index (χ1v) is 11.0. The summed E-state index contributed by atoms with van der Waals surface area (Å²) >= 11 is 0. The Bertz CT molecular complexity index is 1190. The van der Waals surface area contributed by atoms with Crippen LogP contribution in [0.15, 0.2) is 76.5 Å². The van der Waals surface area contributed by atoms with Gasteiger partial charge in [0.25, 0.3) is 10.1 Å². The van der Waals surface area contributed by atoms with Gasteiger partial charge in [-0.1, -0.05) is 48.5 Å². The number of sulfonamides is 1. The van der Waals surface area contributed by atoms with Crippen LogP contribution in [-0.2, 0) is 26.6 Å². The van der Waals surface area contributed by atoms with Gasteiger partial charge in [0, 0.05) is 12.0 Å². The van der Waals surface area contributed by atoms with Crippen molar-refractivity contribution in [1.29, 1.82) is 0 Å². The highest BCUT2D eigenvalue weighted by atomic mass is 32.2. The van der Waals surface area contributed by atoms with E-state index in [9.17, 15) is 25.8 Å². The van der Waals surface area contributed by atoms with Crippen molar-refractivity contribution < 1.29 is 25.8 Å². The minimum absolute atomic E-state index is 0.0356. The lowest BCUT2D eigenvalue weighted by atomic mass is 9.99. The molecule has 0 aliphatic rings. The molecule has 3 aromatic rings. The molecule has 0 aromatic heterocycles. The first-order valence-electron chi connectivity index (χ1n) is 8.03. The van der Waals surface area contributed by atoms with Crippen LogP contribution in [0.4, 0.5) is 4.39 Å². The van der Waals surface area contributed by atoms with Gasteiger partial charge in [-0.05, 0) is 34.9 Å². The molecule has 0 saturated carbocycles. The number of primary sulfonamides is 1. The molecule has 3 aromatic carbocycles. The fraction of sp³-hybridized carbons (Fsp3) is 0.0526. The summed E-state index contributed by atoms with van der Waals surface area (Å²) in [6, 6.07) is 16.2. The van der Waals surface area contributed by atoms with Crippen LogP contribution in [0.5, 0.6) is 0 Å². The first-order chi connectivity index (χ1) is 13.1. The van der Waals surface area contributed by atoms with Gasteiger partial charge in [-0.15, -0.1) is 0 Å². The molecular weight excluding hydrogens is 405 g/mol. The maximum Gasteiger partial charge on any atom is 0.295 e. The fourth-order valence-electron chi connectivity index (χ4n) is 2.91. The highest BCUT2D eigenvalue weighted by Crippen LogP contribution is 2.34. The number of hydrogen-bond acceptors (Lipinski definition) is 4. The average molecular weight is 421 g/mol. The van der Waals surface area contributed by atoms with Crippen molar-refractivity contribution in [3.05, 3.63) is 83.7 Å². The van der Waals surface area contributed by atoms with Crippen molar-refractivity contribution >= 4 is 20.1 Å². The Balaban J connectivity index is 2.18. The molecule has 6 nitrogen and oxygen atoms in total. The SMILES string of the molecule is NS(=O)(=O)c1cccc(S(=O)(=O)O)c1-c1ccc(Cc2ccccc2)c(F)c1. The van der Waals surface area contributed by atoms with Crippen LogP contribution in [0.25, 0.3) is 11.1 Å². The molecular formula is C19H16FNO5S2. The molecule has 3 N–H and O–H groups in total. The van der Waals surface area contributed by atoms with E-state index >= 15 is 0 Å². The van der Waals surface area contributed by atoms with E-state index in [4.69, 9.17) is 5.14 Å². The van der Waals surface area contributed by atoms with E-state index in [-0.39, 0.29) is 11.1 Å². The molecule has 0 atom stereocenters. The zero-order valence-corrected chi connectivity index (χ0v) is 16.0. The van der Waals surface area contributed by atoms with Gasteiger partial charge in [-0.2, -0.15) is 8.42 Å². The Kier molecular flexibility index (Phi) is 5.35. The highest BCUT2D eigenvalue weighted by molar-refractivity contribution is 7.89. The van der Waals surface area contributed by atoms with Crippen LogP contribution in [0.3, 0.4) is 0 Å². The van der Waals surface area contributed by atoms with Crippen molar-refractivity contribution in [2.75, 3.05) is 0 Å². The molecule has 0 radical (unpaired) electrons. The lowest BCUT2D eigenvalue weighted by Crippen LogP contribution is -2.15. The summed E-state index contributed by atoms with van der Waals surface area (Å²) in [5, 5.41) is 5.18. The van der Waals surface area contributed by atoms with E-state index in [2.05, 4.69) is 0 Å². The lowest BCUT2D eigenvalue weighted by molar-refractivity contribution is 0.483. The molecule has 146 valence electrons. The standard InChI is InChI=1S/C19H16FNO5S2/c20-16-12-15(10-9-14(16)11-13-5-2-1-3-6-13)19-17(27(21,22)23)7-4-8-18(19)28(24,25)26/h1-10,12H,11H2,(H2,21,22,23)(H,24,25,26). The third-order valence-corrected chi connectivity index (χ3v) is 6.00. The number of benzene rings is 3. The molecule has 0 aliphatic heterocycles. The van der Waals surface area contributed by atoms with Crippen molar-refractivity contribution in [1.82, 2.24) is 0 Å². The van der Waals surface area contributed by atoms with Crippen LogP contribution >= 0.6 is 0 Å². The lowest BCUT2D eigenvalue weighted by Gasteiger charge is -2.13. The van der Waals surface area contributed by atoms with Gasteiger partial charge in [0.15, 0.2) is 0 Å². The number of nitrogens with two attached hydrogens (primary N) is 1. The van der Waals surface area contributed by atoms with Crippen LogP contribution < -0.4 is 5.14 Å². The largest absolute Gasteiger partial charge is 0.295 e. The number of halogens is 1. The third kappa shape index (κ3) is 4.28. The van der Waals surface area contributed by atoms with Gasteiger partial charge in [0.1, 0.15) is 10.7 Å². The van der Waals surface area contributed by atoms with Gasteiger partial charge >= 0.3 is 0 Å².